The fourth-order valence-corrected chi connectivity index (χ4v) is 4.21. The van der Waals surface area contributed by atoms with Crippen molar-refractivity contribution in [3.63, 3.8) is 0 Å². The van der Waals surface area contributed by atoms with Gasteiger partial charge in [-0.25, -0.2) is 9.59 Å². The van der Waals surface area contributed by atoms with E-state index in [2.05, 4.69) is 0 Å². The third-order valence-corrected chi connectivity index (χ3v) is 5.93. The molecule has 0 saturated carbocycles. The standard InChI is InChI=1S/C17H21F3N2O4/c1-8-9-7-16(4,17(18,19)20)22-11(14(24)26-6)10(13(23)25-5)12(21(9)22)15(8,2)3/h12H,7H2,1-6H3/t12-,16+/m1/s1. The lowest BCUT2D eigenvalue weighted by atomic mass is 9.77. The first-order valence-electron chi connectivity index (χ1n) is 8.11. The van der Waals surface area contributed by atoms with E-state index in [-0.39, 0.29) is 12.0 Å². The molecule has 3 aliphatic rings. The molecule has 3 heterocycles. The first-order valence-corrected chi connectivity index (χ1v) is 8.11. The van der Waals surface area contributed by atoms with Crippen molar-refractivity contribution in [2.45, 2.75) is 51.9 Å². The molecule has 6 nitrogen and oxygen atoms in total. The van der Waals surface area contributed by atoms with Crippen molar-refractivity contribution in [3.05, 3.63) is 22.5 Å². The van der Waals surface area contributed by atoms with Gasteiger partial charge in [0.1, 0.15) is 0 Å². The summed E-state index contributed by atoms with van der Waals surface area (Å²) >= 11 is 0. The number of hydrogen-bond acceptors (Lipinski definition) is 6. The zero-order valence-electron chi connectivity index (χ0n) is 15.4. The SMILES string of the molecule is COC(=O)C1=C(C(=O)OC)N2N3C(=C(C)C(C)(C)[C@@H]13)C[C@@]2(C)C(F)(F)F. The summed E-state index contributed by atoms with van der Waals surface area (Å²) in [6, 6.07) is -0.761. The molecule has 0 aromatic carbocycles. The van der Waals surface area contributed by atoms with Crippen molar-refractivity contribution in [1.82, 2.24) is 10.0 Å². The normalized spacial score (nSPS) is 29.5. The van der Waals surface area contributed by atoms with Crippen molar-refractivity contribution in [3.8, 4) is 0 Å². The third kappa shape index (κ3) is 1.94. The molecule has 0 spiro atoms. The molecule has 0 aliphatic carbocycles. The van der Waals surface area contributed by atoms with Gasteiger partial charge in [0.2, 0.25) is 0 Å². The Hall–Kier alpha value is -2.19. The van der Waals surface area contributed by atoms with Crippen LogP contribution in [-0.4, -0.2) is 53.9 Å². The maximum atomic E-state index is 14.0. The van der Waals surface area contributed by atoms with E-state index in [1.807, 2.05) is 13.8 Å². The lowest BCUT2D eigenvalue weighted by Crippen LogP contribution is -2.56. The number of carbonyl (C=O) groups excluding carboxylic acids is 2. The number of halogens is 3. The van der Waals surface area contributed by atoms with Crippen molar-refractivity contribution in [2.75, 3.05) is 14.2 Å². The molecule has 0 aromatic heterocycles. The van der Waals surface area contributed by atoms with Gasteiger partial charge in [-0.3, -0.25) is 10.0 Å². The highest BCUT2D eigenvalue weighted by molar-refractivity contribution is 6.02. The summed E-state index contributed by atoms with van der Waals surface area (Å²) in [5.74, 6) is -1.83. The molecule has 2 atom stereocenters. The van der Waals surface area contributed by atoms with Crippen molar-refractivity contribution < 1.29 is 32.2 Å². The fourth-order valence-electron chi connectivity index (χ4n) is 4.21. The Morgan fingerprint density at radius 3 is 2.12 bits per heavy atom. The average Bonchev–Trinajstić information content (AvgIpc) is 3.12. The molecule has 3 rings (SSSR count). The summed E-state index contributed by atoms with van der Waals surface area (Å²) in [6.07, 6.45) is -4.94. The van der Waals surface area contributed by atoms with Gasteiger partial charge in [0.25, 0.3) is 0 Å². The lowest BCUT2D eigenvalue weighted by Gasteiger charge is -2.40. The van der Waals surface area contributed by atoms with Gasteiger partial charge in [-0.1, -0.05) is 13.8 Å². The number of alkyl halides is 3. The Bertz CT molecular complexity index is 768. The minimum atomic E-state index is -4.63. The minimum absolute atomic E-state index is 0.103. The lowest BCUT2D eigenvalue weighted by molar-refractivity contribution is -0.233. The maximum Gasteiger partial charge on any atom is 0.413 e. The molecule has 144 valence electrons. The number of carbonyl (C=O) groups is 2. The second-order valence-corrected chi connectivity index (χ2v) is 7.55. The molecule has 0 N–H and O–H groups in total. The summed E-state index contributed by atoms with van der Waals surface area (Å²) in [5, 5.41) is 2.32. The third-order valence-electron chi connectivity index (χ3n) is 5.93. The van der Waals surface area contributed by atoms with E-state index in [0.717, 1.165) is 31.7 Å². The Labute approximate surface area is 149 Å². The largest absolute Gasteiger partial charge is 0.466 e. The topological polar surface area (TPSA) is 59.1 Å². The van der Waals surface area contributed by atoms with E-state index in [9.17, 15) is 22.8 Å². The van der Waals surface area contributed by atoms with Crippen LogP contribution in [0.15, 0.2) is 22.5 Å². The zero-order valence-corrected chi connectivity index (χ0v) is 15.4. The number of methoxy groups -OCH3 is 2. The molecule has 1 fully saturated rings. The molecular formula is C17H21F3N2O4. The summed E-state index contributed by atoms with van der Waals surface area (Å²) < 4.78 is 51.5. The van der Waals surface area contributed by atoms with Gasteiger partial charge >= 0.3 is 18.1 Å². The van der Waals surface area contributed by atoms with Crippen LogP contribution in [0.2, 0.25) is 0 Å². The molecular weight excluding hydrogens is 353 g/mol. The van der Waals surface area contributed by atoms with Crippen LogP contribution in [0.3, 0.4) is 0 Å². The predicted octanol–water partition coefficient (Wildman–Crippen LogP) is 2.53. The van der Waals surface area contributed by atoms with Crippen molar-refractivity contribution in [1.29, 1.82) is 0 Å². The highest BCUT2D eigenvalue weighted by Gasteiger charge is 2.71. The van der Waals surface area contributed by atoms with Gasteiger partial charge < -0.3 is 9.47 Å². The average molecular weight is 374 g/mol. The monoisotopic (exact) mass is 374 g/mol. The number of nitrogens with zero attached hydrogens (tertiary/aromatic N) is 2. The predicted molar refractivity (Wildman–Crippen MR) is 84.1 cm³/mol. The van der Waals surface area contributed by atoms with Crippen molar-refractivity contribution in [2.24, 2.45) is 5.41 Å². The number of hydrazine groups is 1. The highest BCUT2D eigenvalue weighted by Crippen LogP contribution is 2.62. The molecule has 9 heteroatoms. The first kappa shape index (κ1) is 18.6. The van der Waals surface area contributed by atoms with E-state index in [0.29, 0.717) is 5.70 Å². The molecule has 0 amide bonds. The van der Waals surface area contributed by atoms with Crippen LogP contribution in [-0.2, 0) is 19.1 Å². The van der Waals surface area contributed by atoms with Crippen molar-refractivity contribution >= 4 is 11.9 Å². The van der Waals surface area contributed by atoms with Gasteiger partial charge in [-0.2, -0.15) is 13.2 Å². The molecule has 0 aromatic rings. The Balaban J connectivity index is 2.36. The van der Waals surface area contributed by atoms with Gasteiger partial charge in [0.15, 0.2) is 11.2 Å². The molecule has 1 saturated heterocycles. The van der Waals surface area contributed by atoms with Crippen LogP contribution in [0.5, 0.6) is 0 Å². The van der Waals surface area contributed by atoms with E-state index in [4.69, 9.17) is 9.47 Å². The zero-order chi connectivity index (χ0) is 19.8. The molecule has 0 unspecified atom stereocenters. The van der Waals surface area contributed by atoms with Crippen LogP contribution in [0.4, 0.5) is 13.2 Å². The van der Waals surface area contributed by atoms with Gasteiger partial charge in [0.05, 0.1) is 25.8 Å². The minimum Gasteiger partial charge on any atom is -0.466 e. The van der Waals surface area contributed by atoms with E-state index >= 15 is 0 Å². The first-order chi connectivity index (χ1) is 11.8. The van der Waals surface area contributed by atoms with Gasteiger partial charge in [0, 0.05) is 17.5 Å². The molecule has 26 heavy (non-hydrogen) atoms. The number of esters is 2. The fraction of sp³-hybridized carbons (Fsp3) is 0.647. The van der Waals surface area contributed by atoms with E-state index < -0.39 is 40.8 Å². The second-order valence-electron chi connectivity index (χ2n) is 7.55. The number of rotatable bonds is 2. The Morgan fingerprint density at radius 2 is 1.65 bits per heavy atom. The van der Waals surface area contributed by atoms with E-state index in [1.165, 1.54) is 5.01 Å². The van der Waals surface area contributed by atoms with Gasteiger partial charge in [-0.15, -0.1) is 0 Å². The number of hydrogen-bond donors (Lipinski definition) is 0. The molecule has 0 bridgehead atoms. The summed E-state index contributed by atoms with van der Waals surface area (Å²) in [7, 11) is 2.21. The highest BCUT2D eigenvalue weighted by atomic mass is 19.4. The summed E-state index contributed by atoms with van der Waals surface area (Å²) in [6.45, 7) is 6.47. The second kappa shape index (κ2) is 5.17. The van der Waals surface area contributed by atoms with Crippen LogP contribution in [0, 0.1) is 5.41 Å². The van der Waals surface area contributed by atoms with E-state index in [1.54, 1.807) is 6.92 Å². The Morgan fingerprint density at radius 1 is 1.12 bits per heavy atom. The molecule has 3 aliphatic heterocycles. The summed E-state index contributed by atoms with van der Waals surface area (Å²) in [4.78, 5) is 24.9. The van der Waals surface area contributed by atoms with Crippen LogP contribution >= 0.6 is 0 Å². The maximum absolute atomic E-state index is 14.0. The Kier molecular flexibility index (Phi) is 3.70. The van der Waals surface area contributed by atoms with Crippen LogP contribution in [0.25, 0.3) is 0 Å². The molecule has 0 radical (unpaired) electrons. The van der Waals surface area contributed by atoms with Crippen LogP contribution in [0.1, 0.15) is 34.1 Å². The number of ether oxygens (including phenoxy) is 2. The smallest absolute Gasteiger partial charge is 0.413 e. The van der Waals surface area contributed by atoms with Crippen LogP contribution < -0.4 is 0 Å². The van der Waals surface area contributed by atoms with Gasteiger partial charge in [-0.05, 0) is 19.4 Å². The quantitative estimate of drug-likeness (QED) is 0.693. The summed E-state index contributed by atoms with van der Waals surface area (Å²) in [5.41, 5.74) is -2.29.